The fourth-order valence-electron chi connectivity index (χ4n) is 2.04. The van der Waals surface area contributed by atoms with Gasteiger partial charge in [0.25, 0.3) is 0 Å². The van der Waals surface area contributed by atoms with E-state index in [4.69, 9.17) is 22.1 Å². The minimum atomic E-state index is 0.486. The molecule has 0 aromatic heterocycles. The van der Waals surface area contributed by atoms with Gasteiger partial charge in [0.05, 0.1) is 7.11 Å². The van der Waals surface area contributed by atoms with Crippen LogP contribution in [0.1, 0.15) is 22.3 Å². The first kappa shape index (κ1) is 14.3. The summed E-state index contributed by atoms with van der Waals surface area (Å²) in [5.74, 6) is 0.947. The van der Waals surface area contributed by atoms with E-state index in [9.17, 15) is 0 Å². The van der Waals surface area contributed by atoms with Crippen LogP contribution >= 0.6 is 11.6 Å². The van der Waals surface area contributed by atoms with Crippen LogP contribution in [-0.2, 0) is 6.42 Å². The molecule has 0 aliphatic carbocycles. The van der Waals surface area contributed by atoms with Gasteiger partial charge < -0.3 is 15.8 Å². The van der Waals surface area contributed by atoms with E-state index < -0.39 is 0 Å². The van der Waals surface area contributed by atoms with E-state index in [0.29, 0.717) is 6.67 Å². The molecule has 1 rings (SSSR count). The van der Waals surface area contributed by atoms with Crippen LogP contribution < -0.4 is 15.8 Å². The number of nitrogens with two attached hydrogens (primary N) is 1. The highest BCUT2D eigenvalue weighted by Crippen LogP contribution is 2.35. The number of hydrogen-bond acceptors (Lipinski definition) is 3. The molecule has 0 saturated carbocycles. The first-order valence-electron chi connectivity index (χ1n) is 5.77. The Hall–Kier alpha value is -0.770. The van der Waals surface area contributed by atoms with E-state index in [1.807, 2.05) is 20.8 Å². The molecule has 0 aliphatic rings. The van der Waals surface area contributed by atoms with Crippen molar-refractivity contribution in [1.29, 1.82) is 0 Å². The zero-order chi connectivity index (χ0) is 13.0. The molecule has 1 aromatic rings. The van der Waals surface area contributed by atoms with E-state index >= 15 is 0 Å². The van der Waals surface area contributed by atoms with Gasteiger partial charge in [-0.15, -0.1) is 0 Å². The van der Waals surface area contributed by atoms with Gasteiger partial charge in [-0.25, -0.2) is 0 Å². The summed E-state index contributed by atoms with van der Waals surface area (Å²) < 4.78 is 5.51. The zero-order valence-corrected chi connectivity index (χ0v) is 11.7. The molecule has 3 N–H and O–H groups in total. The lowest BCUT2D eigenvalue weighted by Crippen LogP contribution is -2.24. The van der Waals surface area contributed by atoms with Crippen LogP contribution in [0.5, 0.6) is 5.75 Å². The van der Waals surface area contributed by atoms with Crippen LogP contribution in [0.25, 0.3) is 0 Å². The highest BCUT2D eigenvalue weighted by atomic mass is 35.5. The van der Waals surface area contributed by atoms with E-state index in [-0.39, 0.29) is 0 Å². The third-order valence-electron chi connectivity index (χ3n) is 3.19. The van der Waals surface area contributed by atoms with Gasteiger partial charge in [-0.05, 0) is 43.9 Å². The predicted molar refractivity (Wildman–Crippen MR) is 73.0 cm³/mol. The Balaban J connectivity index is 3.17. The monoisotopic (exact) mass is 256 g/mol. The van der Waals surface area contributed by atoms with E-state index in [2.05, 4.69) is 5.32 Å². The summed E-state index contributed by atoms with van der Waals surface area (Å²) in [5.41, 5.74) is 9.90. The molecule has 0 spiro atoms. The lowest BCUT2D eigenvalue weighted by Gasteiger charge is -2.18. The number of rotatable bonds is 5. The van der Waals surface area contributed by atoms with Crippen LogP contribution in [0.2, 0.25) is 5.02 Å². The quantitative estimate of drug-likeness (QED) is 0.628. The number of methoxy groups -OCH3 is 1. The van der Waals surface area contributed by atoms with Crippen molar-refractivity contribution in [2.45, 2.75) is 27.2 Å². The molecule has 4 heteroatoms. The Kier molecular flexibility index (Phi) is 5.25. The summed E-state index contributed by atoms with van der Waals surface area (Å²) in [6.07, 6.45) is 0.868. The number of ether oxygens (including phenoxy) is 1. The van der Waals surface area contributed by atoms with Crippen molar-refractivity contribution in [3.63, 3.8) is 0 Å². The van der Waals surface area contributed by atoms with Crippen LogP contribution in [0.3, 0.4) is 0 Å². The Labute approximate surface area is 108 Å². The minimum Gasteiger partial charge on any atom is -0.496 e. The highest BCUT2D eigenvalue weighted by Gasteiger charge is 2.16. The second-order valence-corrected chi connectivity index (χ2v) is 4.53. The van der Waals surface area contributed by atoms with Crippen molar-refractivity contribution in [1.82, 2.24) is 5.32 Å². The molecule has 3 nitrogen and oxygen atoms in total. The first-order chi connectivity index (χ1) is 8.04. The maximum absolute atomic E-state index is 6.33. The molecule has 0 unspecified atom stereocenters. The van der Waals surface area contributed by atoms with Crippen LogP contribution in [0, 0.1) is 20.8 Å². The lowest BCUT2D eigenvalue weighted by atomic mass is 9.96. The molecule has 0 amide bonds. The Morgan fingerprint density at radius 3 is 2.35 bits per heavy atom. The number of hydrogen-bond donors (Lipinski definition) is 2. The molecule has 17 heavy (non-hydrogen) atoms. The standard InChI is InChI=1S/C13H21ClN2O/c1-8-9(2)13(17-4)11(5-6-16-7-15)10(3)12(8)14/h16H,5-7,15H2,1-4H3. The fourth-order valence-corrected chi connectivity index (χ4v) is 2.29. The van der Waals surface area contributed by atoms with Gasteiger partial charge in [-0.3, -0.25) is 0 Å². The van der Waals surface area contributed by atoms with Crippen molar-refractivity contribution in [3.05, 3.63) is 27.3 Å². The van der Waals surface area contributed by atoms with Crippen molar-refractivity contribution >= 4 is 11.6 Å². The summed E-state index contributed by atoms with van der Waals surface area (Å²) in [7, 11) is 1.70. The van der Waals surface area contributed by atoms with Crippen LogP contribution in [-0.4, -0.2) is 20.3 Å². The van der Waals surface area contributed by atoms with Gasteiger partial charge in [0, 0.05) is 23.8 Å². The van der Waals surface area contributed by atoms with Gasteiger partial charge in [0.1, 0.15) is 5.75 Å². The van der Waals surface area contributed by atoms with Gasteiger partial charge in [-0.2, -0.15) is 0 Å². The normalized spacial score (nSPS) is 10.7. The number of halogens is 1. The van der Waals surface area contributed by atoms with Gasteiger partial charge in [0.2, 0.25) is 0 Å². The molecule has 96 valence electrons. The van der Waals surface area contributed by atoms with Crippen LogP contribution in [0.4, 0.5) is 0 Å². The highest BCUT2D eigenvalue weighted by molar-refractivity contribution is 6.32. The molecule has 0 saturated heterocycles. The van der Waals surface area contributed by atoms with Gasteiger partial charge in [0.15, 0.2) is 0 Å². The minimum absolute atomic E-state index is 0.486. The van der Waals surface area contributed by atoms with E-state index in [1.165, 1.54) is 5.56 Å². The summed E-state index contributed by atoms with van der Waals surface area (Å²) >= 11 is 6.33. The third kappa shape index (κ3) is 2.92. The lowest BCUT2D eigenvalue weighted by molar-refractivity contribution is 0.405. The Morgan fingerprint density at radius 2 is 1.82 bits per heavy atom. The molecular weight excluding hydrogens is 236 g/mol. The maximum atomic E-state index is 6.33. The summed E-state index contributed by atoms with van der Waals surface area (Å²) in [4.78, 5) is 0. The molecule has 0 bridgehead atoms. The second kappa shape index (κ2) is 6.24. The first-order valence-corrected chi connectivity index (χ1v) is 6.15. The maximum Gasteiger partial charge on any atom is 0.125 e. The zero-order valence-electron chi connectivity index (χ0n) is 11.0. The fraction of sp³-hybridized carbons (Fsp3) is 0.538. The predicted octanol–water partition coefficient (Wildman–Crippen LogP) is 2.32. The second-order valence-electron chi connectivity index (χ2n) is 4.15. The van der Waals surface area contributed by atoms with Crippen LogP contribution in [0.15, 0.2) is 0 Å². The van der Waals surface area contributed by atoms with Crippen molar-refractivity contribution < 1.29 is 4.74 Å². The van der Waals surface area contributed by atoms with Gasteiger partial charge >= 0.3 is 0 Å². The molecule has 0 atom stereocenters. The van der Waals surface area contributed by atoms with E-state index in [1.54, 1.807) is 7.11 Å². The smallest absolute Gasteiger partial charge is 0.125 e. The molecule has 0 radical (unpaired) electrons. The SMILES string of the molecule is COc1c(C)c(C)c(Cl)c(C)c1CCNCN. The Bertz CT molecular complexity index is 405. The van der Waals surface area contributed by atoms with E-state index in [0.717, 1.165) is 40.4 Å². The molecule has 0 aliphatic heterocycles. The largest absolute Gasteiger partial charge is 0.496 e. The van der Waals surface area contributed by atoms with Crippen molar-refractivity contribution in [3.8, 4) is 5.75 Å². The third-order valence-corrected chi connectivity index (χ3v) is 3.76. The molecule has 0 heterocycles. The topological polar surface area (TPSA) is 47.3 Å². The molecule has 0 fully saturated rings. The summed E-state index contributed by atoms with van der Waals surface area (Å²) in [6.45, 7) is 7.41. The summed E-state index contributed by atoms with van der Waals surface area (Å²) in [6, 6.07) is 0. The van der Waals surface area contributed by atoms with Crippen molar-refractivity contribution in [2.75, 3.05) is 20.3 Å². The summed E-state index contributed by atoms with van der Waals surface area (Å²) in [5, 5.41) is 3.95. The van der Waals surface area contributed by atoms with Crippen molar-refractivity contribution in [2.24, 2.45) is 5.73 Å². The Morgan fingerprint density at radius 1 is 1.18 bits per heavy atom. The average molecular weight is 257 g/mol. The molecule has 1 aromatic carbocycles. The number of benzene rings is 1. The van der Waals surface area contributed by atoms with Gasteiger partial charge in [-0.1, -0.05) is 11.6 Å². The molecular formula is C13H21ClN2O. The average Bonchev–Trinajstić information content (AvgIpc) is 2.33. The number of nitrogens with one attached hydrogen (secondary N) is 1.